The standard InChI is InChI=1S/C14H21N3O3/c1-14(16)7-3-2-4-10(14)13(19)17-8-9-5-6-11(20-9)12(15)18/h5-6,10H,2-4,7-8,16H2,1H3,(H2,15,18)(H,17,19). The zero-order valence-electron chi connectivity index (χ0n) is 11.6. The molecule has 0 bridgehead atoms. The maximum absolute atomic E-state index is 12.2. The molecule has 1 aliphatic carbocycles. The Morgan fingerprint density at radius 3 is 2.80 bits per heavy atom. The highest BCUT2D eigenvalue weighted by Crippen LogP contribution is 2.31. The SMILES string of the molecule is CC1(N)CCCCC1C(=O)NCc1ccc(C(N)=O)o1. The number of carbonyl (C=O) groups is 2. The molecular formula is C14H21N3O3. The van der Waals surface area contributed by atoms with Gasteiger partial charge in [0.1, 0.15) is 5.76 Å². The fourth-order valence-electron chi connectivity index (χ4n) is 2.69. The number of rotatable bonds is 4. The van der Waals surface area contributed by atoms with Crippen LogP contribution in [0.4, 0.5) is 0 Å². The highest BCUT2D eigenvalue weighted by atomic mass is 16.4. The van der Waals surface area contributed by atoms with Crippen LogP contribution in [0.3, 0.4) is 0 Å². The first-order valence-electron chi connectivity index (χ1n) is 6.85. The molecule has 2 rings (SSSR count). The molecule has 1 aromatic rings. The molecule has 6 heteroatoms. The molecule has 0 aliphatic heterocycles. The van der Waals surface area contributed by atoms with Crippen LogP contribution in [0.1, 0.15) is 48.9 Å². The van der Waals surface area contributed by atoms with Crippen molar-refractivity contribution in [1.29, 1.82) is 0 Å². The molecule has 0 aromatic carbocycles. The molecule has 1 heterocycles. The molecule has 6 nitrogen and oxygen atoms in total. The van der Waals surface area contributed by atoms with Gasteiger partial charge in [-0.05, 0) is 31.9 Å². The van der Waals surface area contributed by atoms with Crippen LogP contribution in [0.25, 0.3) is 0 Å². The Balaban J connectivity index is 1.92. The number of primary amides is 1. The van der Waals surface area contributed by atoms with Gasteiger partial charge in [0.15, 0.2) is 5.76 Å². The first-order chi connectivity index (χ1) is 9.40. The Bertz CT molecular complexity index is 508. The van der Waals surface area contributed by atoms with Crippen molar-refractivity contribution in [3.05, 3.63) is 23.7 Å². The molecule has 110 valence electrons. The van der Waals surface area contributed by atoms with Crippen molar-refractivity contribution in [2.45, 2.75) is 44.7 Å². The molecule has 0 radical (unpaired) electrons. The van der Waals surface area contributed by atoms with Crippen LogP contribution in [0.2, 0.25) is 0 Å². The normalized spacial score (nSPS) is 26.2. The first kappa shape index (κ1) is 14.6. The fraction of sp³-hybridized carbons (Fsp3) is 0.571. The molecule has 1 aliphatic rings. The van der Waals surface area contributed by atoms with Crippen molar-refractivity contribution in [3.8, 4) is 0 Å². The van der Waals surface area contributed by atoms with E-state index in [9.17, 15) is 9.59 Å². The first-order valence-corrected chi connectivity index (χ1v) is 6.85. The summed E-state index contributed by atoms with van der Waals surface area (Å²) in [7, 11) is 0. The van der Waals surface area contributed by atoms with Gasteiger partial charge in [-0.2, -0.15) is 0 Å². The maximum Gasteiger partial charge on any atom is 0.284 e. The van der Waals surface area contributed by atoms with Crippen molar-refractivity contribution < 1.29 is 14.0 Å². The van der Waals surface area contributed by atoms with Gasteiger partial charge in [-0.3, -0.25) is 9.59 Å². The monoisotopic (exact) mass is 279 g/mol. The second kappa shape index (κ2) is 5.66. The summed E-state index contributed by atoms with van der Waals surface area (Å²) < 4.78 is 5.21. The third-order valence-electron chi connectivity index (χ3n) is 3.91. The van der Waals surface area contributed by atoms with Gasteiger partial charge < -0.3 is 21.2 Å². The molecule has 0 saturated heterocycles. The van der Waals surface area contributed by atoms with Crippen LogP contribution in [0.5, 0.6) is 0 Å². The molecule has 20 heavy (non-hydrogen) atoms. The van der Waals surface area contributed by atoms with Crippen LogP contribution in [-0.2, 0) is 11.3 Å². The second-order valence-corrected chi connectivity index (χ2v) is 5.65. The van der Waals surface area contributed by atoms with Crippen molar-refractivity contribution in [2.24, 2.45) is 17.4 Å². The lowest BCUT2D eigenvalue weighted by atomic mass is 9.74. The number of hydrogen-bond donors (Lipinski definition) is 3. The van der Waals surface area contributed by atoms with E-state index in [1.54, 1.807) is 6.07 Å². The van der Waals surface area contributed by atoms with Crippen molar-refractivity contribution in [3.63, 3.8) is 0 Å². The molecule has 2 unspecified atom stereocenters. The van der Waals surface area contributed by atoms with Gasteiger partial charge in [-0.25, -0.2) is 0 Å². The Hall–Kier alpha value is -1.82. The van der Waals surface area contributed by atoms with Gasteiger partial charge in [0, 0.05) is 5.54 Å². The van der Waals surface area contributed by atoms with Crippen LogP contribution in [0, 0.1) is 5.92 Å². The smallest absolute Gasteiger partial charge is 0.284 e. The number of carbonyl (C=O) groups excluding carboxylic acids is 2. The van der Waals surface area contributed by atoms with Gasteiger partial charge in [-0.15, -0.1) is 0 Å². The van der Waals surface area contributed by atoms with Gasteiger partial charge >= 0.3 is 0 Å². The number of nitrogens with two attached hydrogens (primary N) is 2. The molecule has 1 aromatic heterocycles. The number of nitrogens with one attached hydrogen (secondary N) is 1. The van der Waals surface area contributed by atoms with Gasteiger partial charge in [-0.1, -0.05) is 12.8 Å². The lowest BCUT2D eigenvalue weighted by molar-refractivity contribution is -0.128. The van der Waals surface area contributed by atoms with E-state index in [-0.39, 0.29) is 24.1 Å². The zero-order valence-corrected chi connectivity index (χ0v) is 11.6. The van der Waals surface area contributed by atoms with E-state index in [2.05, 4.69) is 5.32 Å². The molecule has 5 N–H and O–H groups in total. The van der Waals surface area contributed by atoms with Crippen LogP contribution in [0.15, 0.2) is 16.5 Å². The molecule has 2 amide bonds. The van der Waals surface area contributed by atoms with E-state index in [4.69, 9.17) is 15.9 Å². The number of furan rings is 1. The van der Waals surface area contributed by atoms with Gasteiger partial charge in [0.05, 0.1) is 12.5 Å². The third kappa shape index (κ3) is 3.19. The average molecular weight is 279 g/mol. The minimum Gasteiger partial charge on any atom is -0.454 e. The van der Waals surface area contributed by atoms with Crippen molar-refractivity contribution in [1.82, 2.24) is 5.32 Å². The van der Waals surface area contributed by atoms with E-state index in [1.807, 2.05) is 6.92 Å². The number of hydrogen-bond acceptors (Lipinski definition) is 4. The summed E-state index contributed by atoms with van der Waals surface area (Å²) in [5.41, 5.74) is 10.8. The average Bonchev–Trinajstić information content (AvgIpc) is 2.84. The Morgan fingerprint density at radius 2 is 2.20 bits per heavy atom. The highest BCUT2D eigenvalue weighted by Gasteiger charge is 2.37. The summed E-state index contributed by atoms with van der Waals surface area (Å²) >= 11 is 0. The van der Waals surface area contributed by atoms with E-state index in [1.165, 1.54) is 6.07 Å². The summed E-state index contributed by atoms with van der Waals surface area (Å²) in [6.07, 6.45) is 3.76. The summed E-state index contributed by atoms with van der Waals surface area (Å²) in [5, 5.41) is 2.81. The predicted octanol–water partition coefficient (Wildman–Crippen LogP) is 0.902. The Labute approximate surface area is 117 Å². The molecule has 1 saturated carbocycles. The highest BCUT2D eigenvalue weighted by molar-refractivity contribution is 5.89. The Morgan fingerprint density at radius 1 is 1.45 bits per heavy atom. The molecule has 1 fully saturated rings. The largest absolute Gasteiger partial charge is 0.454 e. The lowest BCUT2D eigenvalue weighted by Crippen LogP contribution is -2.52. The summed E-state index contributed by atoms with van der Waals surface area (Å²) in [6, 6.07) is 3.13. The minimum absolute atomic E-state index is 0.0632. The van der Waals surface area contributed by atoms with Gasteiger partial charge in [0.25, 0.3) is 5.91 Å². The van der Waals surface area contributed by atoms with E-state index >= 15 is 0 Å². The third-order valence-corrected chi connectivity index (χ3v) is 3.91. The second-order valence-electron chi connectivity index (χ2n) is 5.65. The van der Waals surface area contributed by atoms with Crippen LogP contribution < -0.4 is 16.8 Å². The Kier molecular flexibility index (Phi) is 4.13. The quantitative estimate of drug-likeness (QED) is 0.760. The van der Waals surface area contributed by atoms with E-state index < -0.39 is 11.4 Å². The van der Waals surface area contributed by atoms with Crippen molar-refractivity contribution >= 4 is 11.8 Å². The van der Waals surface area contributed by atoms with E-state index in [0.29, 0.717) is 5.76 Å². The zero-order chi connectivity index (χ0) is 14.8. The van der Waals surface area contributed by atoms with Crippen LogP contribution >= 0.6 is 0 Å². The lowest BCUT2D eigenvalue weighted by Gasteiger charge is -2.37. The fourth-order valence-corrected chi connectivity index (χ4v) is 2.69. The summed E-state index contributed by atoms with van der Waals surface area (Å²) in [6.45, 7) is 2.16. The topological polar surface area (TPSA) is 111 Å². The van der Waals surface area contributed by atoms with Gasteiger partial charge in [0.2, 0.25) is 5.91 Å². The molecular weight excluding hydrogens is 258 g/mol. The minimum atomic E-state index is -0.621. The van der Waals surface area contributed by atoms with E-state index in [0.717, 1.165) is 25.7 Å². The predicted molar refractivity (Wildman–Crippen MR) is 73.6 cm³/mol. The van der Waals surface area contributed by atoms with Crippen LogP contribution in [-0.4, -0.2) is 17.4 Å². The summed E-state index contributed by atoms with van der Waals surface area (Å²) in [5.74, 6) is -0.268. The summed E-state index contributed by atoms with van der Waals surface area (Å²) in [4.78, 5) is 23.1. The molecule has 0 spiro atoms. The molecule has 2 atom stereocenters. The number of amides is 2. The van der Waals surface area contributed by atoms with Crippen molar-refractivity contribution in [2.75, 3.05) is 0 Å². The maximum atomic E-state index is 12.2.